The predicted molar refractivity (Wildman–Crippen MR) is 77.0 cm³/mol. The van der Waals surface area contributed by atoms with Gasteiger partial charge in [0.15, 0.2) is 0 Å². The van der Waals surface area contributed by atoms with Gasteiger partial charge in [-0.05, 0) is 52.5 Å². The van der Waals surface area contributed by atoms with Crippen LogP contribution in [-0.2, 0) is 0 Å². The smallest absolute Gasteiger partial charge is 0.147 e. The van der Waals surface area contributed by atoms with E-state index in [4.69, 9.17) is 4.42 Å². The lowest BCUT2D eigenvalue weighted by Crippen LogP contribution is -1.95. The monoisotopic (exact) mass is 322 g/mol. The Morgan fingerprint density at radius 1 is 1.28 bits per heavy atom. The lowest BCUT2D eigenvalue weighted by atomic mass is 10.1. The maximum Gasteiger partial charge on any atom is 0.147 e. The Hall–Kier alpha value is -1.10. The van der Waals surface area contributed by atoms with Gasteiger partial charge in [-0.25, -0.2) is 0 Å². The van der Waals surface area contributed by atoms with Gasteiger partial charge in [-0.2, -0.15) is 0 Å². The SMILES string of the molecule is Cc1ccc2oc(C(O)c3sccc3Br)cc2c1. The number of hydrogen-bond acceptors (Lipinski definition) is 3. The summed E-state index contributed by atoms with van der Waals surface area (Å²) in [7, 11) is 0. The molecule has 1 atom stereocenters. The first-order valence-corrected chi connectivity index (χ1v) is 7.23. The molecule has 18 heavy (non-hydrogen) atoms. The molecule has 0 spiro atoms. The van der Waals surface area contributed by atoms with Crippen LogP contribution in [0.3, 0.4) is 0 Å². The highest BCUT2D eigenvalue weighted by molar-refractivity contribution is 9.10. The average Bonchev–Trinajstić information content (AvgIpc) is 2.93. The maximum absolute atomic E-state index is 10.3. The Kier molecular flexibility index (Phi) is 3.01. The summed E-state index contributed by atoms with van der Waals surface area (Å²) in [6.45, 7) is 2.04. The van der Waals surface area contributed by atoms with E-state index in [1.165, 1.54) is 16.9 Å². The number of thiophene rings is 1. The van der Waals surface area contributed by atoms with E-state index in [0.717, 1.165) is 20.3 Å². The number of fused-ring (bicyclic) bond motifs is 1. The van der Waals surface area contributed by atoms with E-state index in [9.17, 15) is 5.11 Å². The molecular formula is C14H11BrO2S. The van der Waals surface area contributed by atoms with Crippen molar-refractivity contribution >= 4 is 38.2 Å². The molecule has 0 radical (unpaired) electrons. The highest BCUT2D eigenvalue weighted by Crippen LogP contribution is 2.35. The molecule has 1 unspecified atom stereocenters. The van der Waals surface area contributed by atoms with Crippen molar-refractivity contribution in [2.45, 2.75) is 13.0 Å². The second kappa shape index (κ2) is 4.53. The normalized spacial score (nSPS) is 13.1. The van der Waals surface area contributed by atoms with Crippen LogP contribution in [0.4, 0.5) is 0 Å². The summed E-state index contributed by atoms with van der Waals surface area (Å²) < 4.78 is 6.61. The minimum atomic E-state index is -0.716. The first-order valence-electron chi connectivity index (χ1n) is 5.56. The van der Waals surface area contributed by atoms with E-state index in [1.54, 1.807) is 0 Å². The maximum atomic E-state index is 10.3. The number of rotatable bonds is 2. The van der Waals surface area contributed by atoms with Gasteiger partial charge in [-0.15, -0.1) is 11.3 Å². The number of halogens is 1. The number of aryl methyl sites for hydroxylation is 1. The van der Waals surface area contributed by atoms with E-state index in [1.807, 2.05) is 36.6 Å². The van der Waals surface area contributed by atoms with E-state index < -0.39 is 6.10 Å². The number of benzene rings is 1. The molecule has 1 aromatic carbocycles. The first kappa shape index (κ1) is 12.0. The lowest BCUT2D eigenvalue weighted by molar-refractivity contribution is 0.195. The Bertz CT molecular complexity index is 699. The van der Waals surface area contributed by atoms with Gasteiger partial charge in [0.05, 0.1) is 4.88 Å². The quantitative estimate of drug-likeness (QED) is 0.745. The van der Waals surface area contributed by atoms with Crippen LogP contribution in [-0.4, -0.2) is 5.11 Å². The van der Waals surface area contributed by atoms with E-state index in [-0.39, 0.29) is 0 Å². The average molecular weight is 323 g/mol. The molecular weight excluding hydrogens is 312 g/mol. The Balaban J connectivity index is 2.07. The molecule has 2 nitrogen and oxygen atoms in total. The Labute approximate surface area is 117 Å². The zero-order chi connectivity index (χ0) is 12.7. The molecule has 3 rings (SSSR count). The van der Waals surface area contributed by atoms with Gasteiger partial charge >= 0.3 is 0 Å². The molecule has 0 saturated heterocycles. The van der Waals surface area contributed by atoms with Crippen LogP contribution in [0.5, 0.6) is 0 Å². The summed E-state index contributed by atoms with van der Waals surface area (Å²) in [5, 5.41) is 13.3. The van der Waals surface area contributed by atoms with Crippen LogP contribution in [0.2, 0.25) is 0 Å². The molecule has 0 aliphatic carbocycles. The summed E-state index contributed by atoms with van der Waals surface area (Å²) in [5.74, 6) is 0.582. The summed E-state index contributed by atoms with van der Waals surface area (Å²) >= 11 is 4.94. The molecule has 0 fully saturated rings. The number of aliphatic hydroxyl groups is 1. The van der Waals surface area contributed by atoms with Gasteiger partial charge in [0.25, 0.3) is 0 Å². The van der Waals surface area contributed by atoms with Crippen LogP contribution in [0, 0.1) is 6.92 Å². The molecule has 1 N–H and O–H groups in total. The third kappa shape index (κ3) is 2.00. The standard InChI is InChI=1S/C14H11BrO2S/c1-8-2-3-11-9(6-8)7-12(17-11)13(16)14-10(15)4-5-18-14/h2-7,13,16H,1H3. The van der Waals surface area contributed by atoms with Crippen LogP contribution >= 0.6 is 27.3 Å². The van der Waals surface area contributed by atoms with Crippen molar-refractivity contribution < 1.29 is 9.52 Å². The third-order valence-electron chi connectivity index (χ3n) is 2.85. The number of aliphatic hydroxyl groups excluding tert-OH is 1. The molecule has 0 bridgehead atoms. The molecule has 0 amide bonds. The van der Waals surface area contributed by atoms with E-state index in [2.05, 4.69) is 22.0 Å². The van der Waals surface area contributed by atoms with Crippen molar-refractivity contribution in [1.82, 2.24) is 0 Å². The molecule has 92 valence electrons. The van der Waals surface area contributed by atoms with Crippen molar-refractivity contribution in [3.05, 3.63) is 56.4 Å². The second-order valence-corrected chi connectivity index (χ2v) is 6.03. The molecule has 2 aromatic heterocycles. The fourth-order valence-electron chi connectivity index (χ4n) is 1.95. The molecule has 0 aliphatic rings. The van der Waals surface area contributed by atoms with Crippen molar-refractivity contribution in [2.24, 2.45) is 0 Å². The Morgan fingerprint density at radius 3 is 2.83 bits per heavy atom. The van der Waals surface area contributed by atoms with Gasteiger partial charge in [0.1, 0.15) is 17.4 Å². The third-order valence-corrected chi connectivity index (χ3v) is 4.78. The van der Waals surface area contributed by atoms with Crippen molar-refractivity contribution in [3.63, 3.8) is 0 Å². The van der Waals surface area contributed by atoms with Crippen LogP contribution in [0.25, 0.3) is 11.0 Å². The zero-order valence-corrected chi connectivity index (χ0v) is 12.1. The fraction of sp³-hybridized carbons (Fsp3) is 0.143. The molecule has 3 aromatic rings. The second-order valence-electron chi connectivity index (χ2n) is 4.23. The van der Waals surface area contributed by atoms with Gasteiger partial charge in [-0.3, -0.25) is 0 Å². The predicted octanol–water partition coefficient (Wildman–Crippen LogP) is 4.65. The van der Waals surface area contributed by atoms with Crippen molar-refractivity contribution in [1.29, 1.82) is 0 Å². The van der Waals surface area contributed by atoms with Crippen LogP contribution in [0.15, 0.2) is 44.6 Å². The van der Waals surface area contributed by atoms with E-state index in [0.29, 0.717) is 5.76 Å². The molecule has 0 aliphatic heterocycles. The van der Waals surface area contributed by atoms with Crippen molar-refractivity contribution in [2.75, 3.05) is 0 Å². The molecule has 4 heteroatoms. The highest BCUT2D eigenvalue weighted by Gasteiger charge is 2.19. The van der Waals surface area contributed by atoms with Gasteiger partial charge in [0.2, 0.25) is 0 Å². The van der Waals surface area contributed by atoms with Gasteiger partial charge in [0, 0.05) is 9.86 Å². The lowest BCUT2D eigenvalue weighted by Gasteiger charge is -2.05. The number of furan rings is 1. The van der Waals surface area contributed by atoms with E-state index >= 15 is 0 Å². The largest absolute Gasteiger partial charge is 0.458 e. The number of hydrogen-bond donors (Lipinski definition) is 1. The van der Waals surface area contributed by atoms with Gasteiger partial charge < -0.3 is 9.52 Å². The molecule has 0 saturated carbocycles. The van der Waals surface area contributed by atoms with Crippen LogP contribution < -0.4 is 0 Å². The van der Waals surface area contributed by atoms with Gasteiger partial charge in [-0.1, -0.05) is 11.6 Å². The summed E-state index contributed by atoms with van der Waals surface area (Å²) in [6, 6.07) is 9.82. The zero-order valence-electron chi connectivity index (χ0n) is 9.68. The molecule has 2 heterocycles. The van der Waals surface area contributed by atoms with Crippen molar-refractivity contribution in [3.8, 4) is 0 Å². The minimum absolute atomic E-state index is 0.582. The fourth-order valence-corrected chi connectivity index (χ4v) is 3.53. The Morgan fingerprint density at radius 2 is 2.11 bits per heavy atom. The summed E-state index contributed by atoms with van der Waals surface area (Å²) in [4.78, 5) is 0.866. The summed E-state index contributed by atoms with van der Waals surface area (Å²) in [6.07, 6.45) is -0.716. The summed E-state index contributed by atoms with van der Waals surface area (Å²) in [5.41, 5.74) is 1.99. The topological polar surface area (TPSA) is 33.4 Å². The minimum Gasteiger partial charge on any atom is -0.458 e. The first-order chi connectivity index (χ1) is 8.65. The highest BCUT2D eigenvalue weighted by atomic mass is 79.9. The van der Waals surface area contributed by atoms with Crippen LogP contribution in [0.1, 0.15) is 22.3 Å².